The summed E-state index contributed by atoms with van der Waals surface area (Å²) in [6.45, 7) is 6.55. The van der Waals surface area contributed by atoms with E-state index in [0.29, 0.717) is 12.0 Å². The van der Waals surface area contributed by atoms with Crippen LogP contribution in [0, 0.1) is 5.92 Å². The molecule has 1 atom stereocenters. The number of hydrogen-bond donors (Lipinski definition) is 2. The van der Waals surface area contributed by atoms with Crippen LogP contribution in [0.4, 0.5) is 5.69 Å². The minimum absolute atomic E-state index is 0.0618. The summed E-state index contributed by atoms with van der Waals surface area (Å²) in [5.74, 6) is 0.640. The highest BCUT2D eigenvalue weighted by molar-refractivity contribution is 5.54. The van der Waals surface area contributed by atoms with Crippen molar-refractivity contribution in [1.82, 2.24) is 5.32 Å². The van der Waals surface area contributed by atoms with Crippen molar-refractivity contribution >= 4 is 5.69 Å². The molecule has 2 N–H and O–H groups in total. The average molecular weight is 290 g/mol. The number of anilines is 1. The molecular formula is C18H30N2O. The fourth-order valence-electron chi connectivity index (χ4n) is 3.26. The fourth-order valence-corrected chi connectivity index (χ4v) is 3.26. The van der Waals surface area contributed by atoms with Gasteiger partial charge in [0.05, 0.1) is 6.10 Å². The number of rotatable bonds is 8. The SMILES string of the molecule is CCCNC(CC)c1ccccc1N(C)CC1CC(O)C1. The van der Waals surface area contributed by atoms with Gasteiger partial charge in [-0.25, -0.2) is 0 Å². The summed E-state index contributed by atoms with van der Waals surface area (Å²) in [4.78, 5) is 2.36. The quantitative estimate of drug-likeness (QED) is 0.771. The van der Waals surface area contributed by atoms with Crippen LogP contribution in [-0.2, 0) is 0 Å². The van der Waals surface area contributed by atoms with Crippen LogP contribution in [0.2, 0.25) is 0 Å². The van der Waals surface area contributed by atoms with E-state index in [1.165, 1.54) is 11.3 Å². The Bertz CT molecular complexity index is 429. The predicted octanol–water partition coefficient (Wildman–Crippen LogP) is 3.34. The van der Waals surface area contributed by atoms with Gasteiger partial charge in [0.25, 0.3) is 0 Å². The maximum atomic E-state index is 9.45. The maximum Gasteiger partial charge on any atom is 0.0546 e. The molecule has 2 rings (SSSR count). The molecule has 0 saturated heterocycles. The zero-order valence-electron chi connectivity index (χ0n) is 13.7. The molecule has 0 aliphatic heterocycles. The first-order valence-electron chi connectivity index (χ1n) is 8.37. The van der Waals surface area contributed by atoms with Gasteiger partial charge >= 0.3 is 0 Å². The van der Waals surface area contributed by atoms with Gasteiger partial charge in [-0.1, -0.05) is 32.0 Å². The molecule has 1 fully saturated rings. The zero-order valence-corrected chi connectivity index (χ0v) is 13.7. The molecule has 3 nitrogen and oxygen atoms in total. The van der Waals surface area contributed by atoms with Crippen molar-refractivity contribution < 1.29 is 5.11 Å². The van der Waals surface area contributed by atoms with Crippen molar-refractivity contribution in [3.8, 4) is 0 Å². The molecule has 0 radical (unpaired) electrons. The van der Waals surface area contributed by atoms with E-state index in [1.807, 2.05) is 0 Å². The lowest BCUT2D eigenvalue weighted by Gasteiger charge is -2.36. The standard InChI is InChI=1S/C18H30N2O/c1-4-10-19-17(5-2)16-8-6-7-9-18(16)20(3)13-14-11-15(21)12-14/h6-9,14-15,17,19,21H,4-5,10-13H2,1-3H3. The lowest BCUT2D eigenvalue weighted by atomic mass is 9.82. The first-order chi connectivity index (χ1) is 10.2. The summed E-state index contributed by atoms with van der Waals surface area (Å²) in [6, 6.07) is 9.16. The number of nitrogens with zero attached hydrogens (tertiary/aromatic N) is 1. The predicted molar refractivity (Wildman–Crippen MR) is 89.8 cm³/mol. The topological polar surface area (TPSA) is 35.5 Å². The minimum atomic E-state index is -0.0618. The second-order valence-corrected chi connectivity index (χ2v) is 6.35. The first kappa shape index (κ1) is 16.3. The van der Waals surface area contributed by atoms with Crippen LogP contribution in [0.1, 0.15) is 51.1 Å². The summed E-state index contributed by atoms with van der Waals surface area (Å²) in [6.07, 6.45) is 4.12. The van der Waals surface area contributed by atoms with E-state index in [9.17, 15) is 5.11 Å². The van der Waals surface area contributed by atoms with Gasteiger partial charge in [0.15, 0.2) is 0 Å². The summed E-state index contributed by atoms with van der Waals surface area (Å²) < 4.78 is 0. The molecule has 21 heavy (non-hydrogen) atoms. The monoisotopic (exact) mass is 290 g/mol. The van der Waals surface area contributed by atoms with Crippen LogP contribution < -0.4 is 10.2 Å². The number of hydrogen-bond acceptors (Lipinski definition) is 3. The van der Waals surface area contributed by atoms with E-state index in [1.54, 1.807) is 0 Å². The van der Waals surface area contributed by atoms with Crippen LogP contribution in [0.15, 0.2) is 24.3 Å². The van der Waals surface area contributed by atoms with Crippen LogP contribution in [0.3, 0.4) is 0 Å². The van der Waals surface area contributed by atoms with Gasteiger partial charge in [-0.3, -0.25) is 0 Å². The Morgan fingerprint density at radius 1 is 1.29 bits per heavy atom. The Labute approximate surface area is 129 Å². The number of aliphatic hydroxyl groups excluding tert-OH is 1. The summed E-state index contributed by atoms with van der Waals surface area (Å²) >= 11 is 0. The van der Waals surface area contributed by atoms with E-state index in [0.717, 1.165) is 38.8 Å². The van der Waals surface area contributed by atoms with Gasteiger partial charge in [0.1, 0.15) is 0 Å². The van der Waals surface area contributed by atoms with Gasteiger partial charge in [-0.15, -0.1) is 0 Å². The van der Waals surface area contributed by atoms with E-state index in [4.69, 9.17) is 0 Å². The van der Waals surface area contributed by atoms with Crippen LogP contribution >= 0.6 is 0 Å². The second kappa shape index (κ2) is 7.81. The number of nitrogens with one attached hydrogen (secondary N) is 1. The third-order valence-electron chi connectivity index (χ3n) is 4.52. The van der Waals surface area contributed by atoms with Crippen LogP contribution in [-0.4, -0.2) is 31.3 Å². The van der Waals surface area contributed by atoms with Crippen molar-refractivity contribution in [3.05, 3.63) is 29.8 Å². The molecule has 1 saturated carbocycles. The maximum absolute atomic E-state index is 9.45. The first-order valence-corrected chi connectivity index (χ1v) is 8.37. The molecule has 1 unspecified atom stereocenters. The Morgan fingerprint density at radius 2 is 2.00 bits per heavy atom. The Hall–Kier alpha value is -1.06. The third-order valence-corrected chi connectivity index (χ3v) is 4.52. The van der Waals surface area contributed by atoms with Crippen molar-refractivity contribution in [2.75, 3.05) is 25.0 Å². The number of benzene rings is 1. The number of para-hydroxylation sites is 1. The average Bonchev–Trinajstić information content (AvgIpc) is 2.47. The molecule has 1 aromatic carbocycles. The smallest absolute Gasteiger partial charge is 0.0546 e. The Kier molecular flexibility index (Phi) is 6.07. The normalized spacial score (nSPS) is 22.7. The van der Waals surface area contributed by atoms with E-state index < -0.39 is 0 Å². The van der Waals surface area contributed by atoms with Crippen molar-refractivity contribution in [1.29, 1.82) is 0 Å². The lowest BCUT2D eigenvalue weighted by Crippen LogP contribution is -2.37. The van der Waals surface area contributed by atoms with Gasteiger partial charge in [-0.05, 0) is 49.8 Å². The van der Waals surface area contributed by atoms with Crippen LogP contribution in [0.25, 0.3) is 0 Å². The van der Waals surface area contributed by atoms with E-state index in [-0.39, 0.29) is 6.10 Å². The van der Waals surface area contributed by atoms with Crippen molar-refractivity contribution in [2.24, 2.45) is 5.92 Å². The van der Waals surface area contributed by atoms with Crippen molar-refractivity contribution in [3.63, 3.8) is 0 Å². The van der Waals surface area contributed by atoms with Gasteiger partial charge in [-0.2, -0.15) is 0 Å². The second-order valence-electron chi connectivity index (χ2n) is 6.35. The molecule has 1 aliphatic rings. The van der Waals surface area contributed by atoms with Crippen molar-refractivity contribution in [2.45, 2.75) is 51.7 Å². The molecule has 0 amide bonds. The molecular weight excluding hydrogens is 260 g/mol. The number of aliphatic hydroxyl groups is 1. The largest absolute Gasteiger partial charge is 0.393 e. The molecule has 1 aromatic rings. The molecule has 0 aromatic heterocycles. The summed E-state index contributed by atoms with van der Waals surface area (Å²) in [5, 5.41) is 13.1. The molecule has 0 spiro atoms. The lowest BCUT2D eigenvalue weighted by molar-refractivity contribution is 0.0464. The highest BCUT2D eigenvalue weighted by atomic mass is 16.3. The molecule has 118 valence electrons. The molecule has 0 heterocycles. The van der Waals surface area contributed by atoms with Gasteiger partial charge in [0, 0.05) is 25.3 Å². The summed E-state index contributed by atoms with van der Waals surface area (Å²) in [5.41, 5.74) is 2.73. The third kappa shape index (κ3) is 4.21. The fraction of sp³-hybridized carbons (Fsp3) is 0.667. The molecule has 0 bridgehead atoms. The Morgan fingerprint density at radius 3 is 2.62 bits per heavy atom. The zero-order chi connectivity index (χ0) is 15.2. The Balaban J connectivity index is 2.07. The highest BCUT2D eigenvalue weighted by Gasteiger charge is 2.28. The van der Waals surface area contributed by atoms with Gasteiger partial charge in [0.2, 0.25) is 0 Å². The minimum Gasteiger partial charge on any atom is -0.393 e. The van der Waals surface area contributed by atoms with E-state index in [2.05, 4.69) is 55.4 Å². The van der Waals surface area contributed by atoms with Gasteiger partial charge < -0.3 is 15.3 Å². The summed E-state index contributed by atoms with van der Waals surface area (Å²) in [7, 11) is 2.18. The van der Waals surface area contributed by atoms with E-state index >= 15 is 0 Å². The van der Waals surface area contributed by atoms with Crippen LogP contribution in [0.5, 0.6) is 0 Å². The highest BCUT2D eigenvalue weighted by Crippen LogP contribution is 2.32. The molecule has 1 aliphatic carbocycles. The molecule has 3 heteroatoms.